The normalized spacial score (nSPS) is 10.6. The fraction of sp³-hybridized carbons (Fsp3) is 0.375. The van der Waals surface area contributed by atoms with E-state index in [1.54, 1.807) is 7.11 Å². The summed E-state index contributed by atoms with van der Waals surface area (Å²) in [6.07, 6.45) is 0. The highest BCUT2D eigenvalue weighted by Gasteiger charge is 2.15. The van der Waals surface area contributed by atoms with E-state index in [9.17, 15) is 4.79 Å². The molecule has 0 saturated carbocycles. The Kier molecular flexibility index (Phi) is 5.04. The van der Waals surface area contributed by atoms with E-state index >= 15 is 0 Å². The number of benzene rings is 1. The first kappa shape index (κ1) is 15.9. The maximum absolute atomic E-state index is 11.6. The van der Waals surface area contributed by atoms with Crippen LogP contribution < -0.4 is 15.4 Å². The van der Waals surface area contributed by atoms with Gasteiger partial charge in [0.1, 0.15) is 17.2 Å². The van der Waals surface area contributed by atoms with Crippen LogP contribution in [0.5, 0.6) is 5.75 Å². The summed E-state index contributed by atoms with van der Waals surface area (Å²) >= 11 is 0. The van der Waals surface area contributed by atoms with Gasteiger partial charge < -0.3 is 19.8 Å². The molecule has 1 aromatic heterocycles. The van der Waals surface area contributed by atoms with Gasteiger partial charge in [-0.3, -0.25) is 0 Å². The molecule has 0 aliphatic heterocycles. The summed E-state index contributed by atoms with van der Waals surface area (Å²) in [5.74, 6) is 1.85. The molecule has 1 aromatic carbocycles. The number of rotatable bonds is 5. The van der Waals surface area contributed by atoms with E-state index < -0.39 is 0 Å². The van der Waals surface area contributed by atoms with Crippen molar-refractivity contribution in [3.63, 3.8) is 0 Å². The molecule has 0 spiro atoms. The predicted octanol–water partition coefficient (Wildman–Crippen LogP) is 2.87. The Bertz CT molecular complexity index is 650. The van der Waals surface area contributed by atoms with Gasteiger partial charge >= 0.3 is 6.03 Å². The number of hydrogen-bond donors (Lipinski definition) is 2. The molecule has 0 radical (unpaired) electrons. The van der Waals surface area contributed by atoms with Crippen molar-refractivity contribution in [2.75, 3.05) is 7.11 Å². The average molecular weight is 303 g/mol. The third-order valence-corrected chi connectivity index (χ3v) is 3.07. The molecule has 0 unspecified atom stereocenters. The largest absolute Gasteiger partial charge is 0.496 e. The number of oxazole rings is 1. The number of para-hydroxylation sites is 1. The highest BCUT2D eigenvalue weighted by molar-refractivity contribution is 5.74. The van der Waals surface area contributed by atoms with Crippen LogP contribution in [0, 0.1) is 6.92 Å². The van der Waals surface area contributed by atoms with Gasteiger partial charge in [0.2, 0.25) is 5.89 Å². The van der Waals surface area contributed by atoms with E-state index in [1.165, 1.54) is 0 Å². The van der Waals surface area contributed by atoms with Gasteiger partial charge in [0, 0.05) is 6.04 Å². The number of carbonyl (C=O) groups is 1. The molecule has 2 N–H and O–H groups in total. The minimum absolute atomic E-state index is 0.0857. The monoisotopic (exact) mass is 303 g/mol. The van der Waals surface area contributed by atoms with Crippen LogP contribution >= 0.6 is 0 Å². The maximum Gasteiger partial charge on any atom is 0.315 e. The van der Waals surface area contributed by atoms with Crippen molar-refractivity contribution < 1.29 is 13.9 Å². The first-order chi connectivity index (χ1) is 10.5. The zero-order chi connectivity index (χ0) is 16.1. The zero-order valence-corrected chi connectivity index (χ0v) is 13.3. The van der Waals surface area contributed by atoms with Gasteiger partial charge in [0.25, 0.3) is 0 Å². The molecular weight excluding hydrogens is 282 g/mol. The number of urea groups is 1. The van der Waals surface area contributed by atoms with Crippen molar-refractivity contribution in [3.05, 3.63) is 35.7 Å². The molecule has 1 heterocycles. The molecule has 2 aromatic rings. The number of amides is 2. The number of aryl methyl sites for hydroxylation is 1. The molecule has 0 fully saturated rings. The Hall–Kier alpha value is -2.50. The van der Waals surface area contributed by atoms with E-state index in [-0.39, 0.29) is 12.1 Å². The molecule has 0 saturated heterocycles. The maximum atomic E-state index is 11.6. The Balaban J connectivity index is 2.13. The van der Waals surface area contributed by atoms with Crippen molar-refractivity contribution in [1.82, 2.24) is 15.6 Å². The second kappa shape index (κ2) is 6.98. The van der Waals surface area contributed by atoms with Gasteiger partial charge in [-0.1, -0.05) is 12.1 Å². The number of nitrogens with zero attached hydrogens (tertiary/aromatic N) is 1. The first-order valence-corrected chi connectivity index (χ1v) is 7.15. The summed E-state index contributed by atoms with van der Waals surface area (Å²) in [4.78, 5) is 16.1. The van der Waals surface area contributed by atoms with Gasteiger partial charge in [0.05, 0.1) is 19.2 Å². The topological polar surface area (TPSA) is 76.4 Å². The van der Waals surface area contributed by atoms with Gasteiger partial charge in [-0.15, -0.1) is 0 Å². The van der Waals surface area contributed by atoms with E-state index in [1.807, 2.05) is 45.0 Å². The van der Waals surface area contributed by atoms with Gasteiger partial charge in [-0.2, -0.15) is 0 Å². The van der Waals surface area contributed by atoms with Crippen molar-refractivity contribution in [1.29, 1.82) is 0 Å². The van der Waals surface area contributed by atoms with Gasteiger partial charge in [0.15, 0.2) is 0 Å². The summed E-state index contributed by atoms with van der Waals surface area (Å²) in [5, 5.41) is 5.52. The summed E-state index contributed by atoms with van der Waals surface area (Å²) < 4.78 is 11.0. The molecule has 2 rings (SSSR count). The molecule has 0 aliphatic carbocycles. The fourth-order valence-corrected chi connectivity index (χ4v) is 2.01. The third kappa shape index (κ3) is 3.78. The highest BCUT2D eigenvalue weighted by atomic mass is 16.5. The SMILES string of the molecule is COc1ccccc1-c1nc(CNC(=O)NC(C)C)c(C)o1. The summed E-state index contributed by atoms with van der Waals surface area (Å²) in [6.45, 7) is 5.94. The minimum Gasteiger partial charge on any atom is -0.496 e. The first-order valence-electron chi connectivity index (χ1n) is 7.15. The summed E-state index contributed by atoms with van der Waals surface area (Å²) in [6, 6.07) is 7.37. The van der Waals surface area contributed by atoms with Crippen LogP contribution in [-0.2, 0) is 6.54 Å². The van der Waals surface area contributed by atoms with Crippen molar-refractivity contribution in [2.45, 2.75) is 33.4 Å². The van der Waals surface area contributed by atoms with Crippen LogP contribution in [0.2, 0.25) is 0 Å². The number of ether oxygens (including phenoxy) is 1. The Morgan fingerprint density at radius 3 is 2.77 bits per heavy atom. The Labute approximate surface area is 129 Å². The van der Waals surface area contributed by atoms with Crippen LogP contribution in [0.1, 0.15) is 25.3 Å². The van der Waals surface area contributed by atoms with Crippen molar-refractivity contribution in [3.8, 4) is 17.2 Å². The minimum atomic E-state index is -0.226. The predicted molar refractivity (Wildman–Crippen MR) is 83.7 cm³/mol. The molecule has 118 valence electrons. The van der Waals surface area contributed by atoms with E-state index in [0.717, 1.165) is 5.56 Å². The summed E-state index contributed by atoms with van der Waals surface area (Å²) in [5.41, 5.74) is 1.48. The van der Waals surface area contributed by atoms with Crippen molar-refractivity contribution >= 4 is 6.03 Å². The number of nitrogens with one attached hydrogen (secondary N) is 2. The summed E-state index contributed by atoms with van der Waals surface area (Å²) in [7, 11) is 1.60. The number of carbonyl (C=O) groups excluding carboxylic acids is 1. The van der Waals surface area contributed by atoms with Crippen LogP contribution in [0.3, 0.4) is 0 Å². The lowest BCUT2D eigenvalue weighted by molar-refractivity contribution is 0.238. The van der Waals surface area contributed by atoms with Gasteiger partial charge in [-0.05, 0) is 32.9 Å². The lowest BCUT2D eigenvalue weighted by Crippen LogP contribution is -2.39. The van der Waals surface area contributed by atoms with E-state index in [0.29, 0.717) is 29.6 Å². The van der Waals surface area contributed by atoms with Crippen LogP contribution in [0.4, 0.5) is 4.79 Å². The molecule has 22 heavy (non-hydrogen) atoms. The number of hydrogen-bond acceptors (Lipinski definition) is 4. The average Bonchev–Trinajstić information content (AvgIpc) is 2.85. The highest BCUT2D eigenvalue weighted by Crippen LogP contribution is 2.30. The second-order valence-electron chi connectivity index (χ2n) is 5.20. The second-order valence-corrected chi connectivity index (χ2v) is 5.20. The lowest BCUT2D eigenvalue weighted by Gasteiger charge is -2.08. The fourth-order valence-electron chi connectivity index (χ4n) is 2.01. The Morgan fingerprint density at radius 1 is 1.36 bits per heavy atom. The lowest BCUT2D eigenvalue weighted by atomic mass is 10.2. The van der Waals surface area contributed by atoms with Crippen LogP contribution in [0.25, 0.3) is 11.5 Å². The third-order valence-electron chi connectivity index (χ3n) is 3.07. The zero-order valence-electron chi connectivity index (χ0n) is 13.3. The molecule has 6 nitrogen and oxygen atoms in total. The Morgan fingerprint density at radius 2 is 2.09 bits per heavy atom. The quantitative estimate of drug-likeness (QED) is 0.890. The van der Waals surface area contributed by atoms with Gasteiger partial charge in [-0.25, -0.2) is 9.78 Å². The molecule has 0 aliphatic rings. The van der Waals surface area contributed by atoms with Crippen LogP contribution in [0.15, 0.2) is 28.7 Å². The molecule has 2 amide bonds. The molecule has 0 bridgehead atoms. The molecule has 0 atom stereocenters. The molecule has 6 heteroatoms. The number of aromatic nitrogens is 1. The number of methoxy groups -OCH3 is 1. The smallest absolute Gasteiger partial charge is 0.315 e. The van der Waals surface area contributed by atoms with E-state index in [4.69, 9.17) is 9.15 Å². The van der Waals surface area contributed by atoms with E-state index in [2.05, 4.69) is 15.6 Å². The standard InChI is InChI=1S/C16H21N3O3/c1-10(2)18-16(20)17-9-13-11(3)22-15(19-13)12-7-5-6-8-14(12)21-4/h5-8,10H,9H2,1-4H3,(H2,17,18,20). The van der Waals surface area contributed by atoms with Crippen LogP contribution in [-0.4, -0.2) is 24.2 Å². The molecular formula is C16H21N3O3. The van der Waals surface area contributed by atoms with Crippen molar-refractivity contribution in [2.24, 2.45) is 0 Å².